The molecule has 24 heavy (non-hydrogen) atoms. The first kappa shape index (κ1) is 22.3. The number of nitrogens with zero attached hydrogens (tertiary/aromatic N) is 2. The van der Waals surface area contributed by atoms with Crippen molar-refractivity contribution in [1.82, 2.24) is 15.5 Å². The maximum Gasteiger partial charge on any atom is 0.191 e. The van der Waals surface area contributed by atoms with Gasteiger partial charge in [0.05, 0.1) is 12.2 Å². The van der Waals surface area contributed by atoms with E-state index >= 15 is 0 Å². The van der Waals surface area contributed by atoms with Crippen molar-refractivity contribution in [3.63, 3.8) is 0 Å². The summed E-state index contributed by atoms with van der Waals surface area (Å²) in [5, 5.41) is 7.73. The van der Waals surface area contributed by atoms with E-state index in [2.05, 4.69) is 60.0 Å². The second kappa shape index (κ2) is 10.4. The van der Waals surface area contributed by atoms with Crippen LogP contribution < -0.4 is 10.6 Å². The van der Waals surface area contributed by atoms with Gasteiger partial charge in [0.25, 0.3) is 0 Å². The quantitative estimate of drug-likeness (QED) is 0.368. The van der Waals surface area contributed by atoms with Crippen LogP contribution in [0.25, 0.3) is 0 Å². The van der Waals surface area contributed by atoms with Gasteiger partial charge in [-0.15, -0.1) is 24.0 Å². The first-order valence-electron chi connectivity index (χ1n) is 8.87. The van der Waals surface area contributed by atoms with Gasteiger partial charge in [0.2, 0.25) is 0 Å². The van der Waals surface area contributed by atoms with Gasteiger partial charge in [-0.2, -0.15) is 11.8 Å². The summed E-state index contributed by atoms with van der Waals surface area (Å²) in [5.41, 5.74) is 0.0754. The fraction of sp³-hybridized carbons (Fsp3) is 0.941. The summed E-state index contributed by atoms with van der Waals surface area (Å²) in [7, 11) is 1.85. The molecular formula is C17H35IN4OS. The third kappa shape index (κ3) is 6.88. The highest BCUT2D eigenvalue weighted by molar-refractivity contribution is 14.0. The highest BCUT2D eigenvalue weighted by atomic mass is 127. The summed E-state index contributed by atoms with van der Waals surface area (Å²) in [4.78, 5) is 6.90. The normalized spacial score (nSPS) is 29.2. The summed E-state index contributed by atoms with van der Waals surface area (Å²) >= 11 is 2.07. The minimum Gasteiger partial charge on any atom is -0.373 e. The van der Waals surface area contributed by atoms with E-state index in [1.165, 1.54) is 18.6 Å². The predicted octanol–water partition coefficient (Wildman–Crippen LogP) is 2.55. The van der Waals surface area contributed by atoms with Crippen molar-refractivity contribution in [2.24, 2.45) is 4.99 Å². The molecule has 0 saturated carbocycles. The lowest BCUT2D eigenvalue weighted by molar-refractivity contribution is -0.0946. The molecule has 0 aromatic rings. The monoisotopic (exact) mass is 470 g/mol. The Hall–Kier alpha value is 0.270. The van der Waals surface area contributed by atoms with Crippen molar-refractivity contribution in [2.75, 3.05) is 39.0 Å². The van der Waals surface area contributed by atoms with E-state index in [1.807, 2.05) is 7.05 Å². The van der Waals surface area contributed by atoms with E-state index < -0.39 is 0 Å². The molecule has 2 rings (SSSR count). The summed E-state index contributed by atoms with van der Waals surface area (Å²) in [5.74, 6) is 2.22. The zero-order valence-electron chi connectivity index (χ0n) is 15.8. The summed E-state index contributed by atoms with van der Waals surface area (Å²) < 4.78 is 5.85. The third-order valence-corrected chi connectivity index (χ3v) is 6.11. The number of aliphatic imine (C=N–C) groups is 1. The van der Waals surface area contributed by atoms with Gasteiger partial charge < -0.3 is 15.4 Å². The Kier molecular flexibility index (Phi) is 9.69. The van der Waals surface area contributed by atoms with Crippen LogP contribution in [-0.2, 0) is 4.74 Å². The number of nitrogens with one attached hydrogen (secondary N) is 2. The Bertz CT molecular complexity index is 392. The maximum absolute atomic E-state index is 5.85. The maximum atomic E-state index is 5.85. The molecule has 142 valence electrons. The molecule has 7 heteroatoms. The average molecular weight is 470 g/mol. The SMILES string of the molecule is CN=C(NCC1CCCS1)NCC(C)(C)N1CC(C)OC(C)C1.I. The molecule has 2 aliphatic rings. The second-order valence-electron chi connectivity index (χ2n) is 7.42. The van der Waals surface area contributed by atoms with Crippen LogP contribution >= 0.6 is 35.7 Å². The molecule has 0 aromatic carbocycles. The number of guanidine groups is 1. The van der Waals surface area contributed by atoms with Crippen molar-refractivity contribution >= 4 is 41.7 Å². The summed E-state index contributed by atoms with van der Waals surface area (Å²) in [6.07, 6.45) is 3.28. The smallest absolute Gasteiger partial charge is 0.191 e. The molecule has 0 aromatic heterocycles. The van der Waals surface area contributed by atoms with Crippen molar-refractivity contribution in [1.29, 1.82) is 0 Å². The molecule has 2 N–H and O–H groups in total. The molecular weight excluding hydrogens is 435 g/mol. The molecule has 2 saturated heterocycles. The number of hydrogen-bond acceptors (Lipinski definition) is 4. The molecule has 5 nitrogen and oxygen atoms in total. The van der Waals surface area contributed by atoms with Gasteiger partial charge in [-0.3, -0.25) is 9.89 Å². The van der Waals surface area contributed by atoms with Crippen molar-refractivity contribution in [3.8, 4) is 0 Å². The van der Waals surface area contributed by atoms with E-state index in [0.717, 1.165) is 37.4 Å². The zero-order chi connectivity index (χ0) is 16.9. The number of hydrogen-bond donors (Lipinski definition) is 2. The van der Waals surface area contributed by atoms with E-state index in [-0.39, 0.29) is 29.5 Å². The summed E-state index contributed by atoms with van der Waals surface area (Å²) in [6.45, 7) is 12.8. The first-order chi connectivity index (χ1) is 10.9. The highest BCUT2D eigenvalue weighted by Gasteiger charge is 2.33. The lowest BCUT2D eigenvalue weighted by Gasteiger charge is -2.45. The summed E-state index contributed by atoms with van der Waals surface area (Å²) in [6, 6.07) is 0. The molecule has 3 atom stereocenters. The third-order valence-electron chi connectivity index (χ3n) is 4.71. The lowest BCUT2D eigenvalue weighted by Crippen LogP contribution is -2.59. The van der Waals surface area contributed by atoms with Gasteiger partial charge in [0.1, 0.15) is 0 Å². The van der Waals surface area contributed by atoms with Crippen LogP contribution in [0.15, 0.2) is 4.99 Å². The van der Waals surface area contributed by atoms with Crippen molar-refractivity contribution < 1.29 is 4.74 Å². The fourth-order valence-electron chi connectivity index (χ4n) is 3.32. The predicted molar refractivity (Wildman–Crippen MR) is 116 cm³/mol. The van der Waals surface area contributed by atoms with Gasteiger partial charge in [-0.05, 0) is 46.3 Å². The molecule has 2 fully saturated rings. The van der Waals surface area contributed by atoms with E-state index in [0.29, 0.717) is 12.2 Å². The standard InChI is InChI=1S/C17H34N4OS.HI/c1-13-10-21(11-14(2)22-13)17(3,4)12-20-16(18-5)19-9-15-7-6-8-23-15;/h13-15H,6-12H2,1-5H3,(H2,18,19,20);1H. The van der Waals surface area contributed by atoms with Crippen LogP contribution in [0.2, 0.25) is 0 Å². The molecule has 0 spiro atoms. The van der Waals surface area contributed by atoms with Gasteiger partial charge in [-0.25, -0.2) is 0 Å². The number of thioether (sulfide) groups is 1. The van der Waals surface area contributed by atoms with Crippen LogP contribution in [0.4, 0.5) is 0 Å². The minimum absolute atomic E-state index is 0. The molecule has 0 aliphatic carbocycles. The second-order valence-corrected chi connectivity index (χ2v) is 8.82. The van der Waals surface area contributed by atoms with Gasteiger partial charge in [0.15, 0.2) is 5.96 Å². The van der Waals surface area contributed by atoms with Crippen molar-refractivity contribution in [3.05, 3.63) is 0 Å². The number of morpholine rings is 1. The molecule has 2 aliphatic heterocycles. The van der Waals surface area contributed by atoms with Gasteiger partial charge >= 0.3 is 0 Å². The number of ether oxygens (including phenoxy) is 1. The number of halogens is 1. The molecule has 0 amide bonds. The van der Waals surface area contributed by atoms with Crippen LogP contribution in [0, 0.1) is 0 Å². The van der Waals surface area contributed by atoms with Crippen LogP contribution in [0.3, 0.4) is 0 Å². The van der Waals surface area contributed by atoms with Gasteiger partial charge in [-0.1, -0.05) is 0 Å². The van der Waals surface area contributed by atoms with Crippen LogP contribution in [0.5, 0.6) is 0 Å². The minimum atomic E-state index is 0. The Morgan fingerprint density at radius 2 is 1.92 bits per heavy atom. The van der Waals surface area contributed by atoms with Crippen LogP contribution in [-0.4, -0.2) is 72.8 Å². The van der Waals surface area contributed by atoms with Gasteiger partial charge in [0, 0.05) is 44.0 Å². The lowest BCUT2D eigenvalue weighted by atomic mass is 10.00. The Balaban J connectivity index is 0.00000288. The zero-order valence-corrected chi connectivity index (χ0v) is 18.9. The van der Waals surface area contributed by atoms with E-state index in [4.69, 9.17) is 4.74 Å². The molecule has 0 radical (unpaired) electrons. The van der Waals surface area contributed by atoms with E-state index in [9.17, 15) is 0 Å². The average Bonchev–Trinajstić information content (AvgIpc) is 2.99. The molecule has 0 bridgehead atoms. The fourth-order valence-corrected chi connectivity index (χ4v) is 4.52. The highest BCUT2D eigenvalue weighted by Crippen LogP contribution is 2.25. The largest absolute Gasteiger partial charge is 0.373 e. The topological polar surface area (TPSA) is 48.9 Å². The van der Waals surface area contributed by atoms with Crippen LogP contribution in [0.1, 0.15) is 40.5 Å². The molecule has 2 heterocycles. The Morgan fingerprint density at radius 3 is 2.46 bits per heavy atom. The van der Waals surface area contributed by atoms with Crippen molar-refractivity contribution in [2.45, 2.75) is 63.5 Å². The Labute approximate surface area is 169 Å². The van der Waals surface area contributed by atoms with E-state index in [1.54, 1.807) is 0 Å². The number of rotatable bonds is 5. The first-order valence-corrected chi connectivity index (χ1v) is 9.92. The molecule has 3 unspecified atom stereocenters. The Morgan fingerprint density at radius 1 is 1.25 bits per heavy atom.